The summed E-state index contributed by atoms with van der Waals surface area (Å²) >= 11 is 0. The zero-order valence-corrected chi connectivity index (χ0v) is 10.1. The SMILES string of the molecule is C=CCOC(=O)C(=O)C=Cc1ccc2c(c1)OCO2. The summed E-state index contributed by atoms with van der Waals surface area (Å²) in [6.45, 7) is 3.59. The van der Waals surface area contributed by atoms with Crippen molar-refractivity contribution in [1.82, 2.24) is 0 Å². The lowest BCUT2D eigenvalue weighted by molar-refractivity contribution is -0.150. The molecule has 0 fully saturated rings. The number of benzene rings is 1. The van der Waals surface area contributed by atoms with Crippen molar-refractivity contribution in [1.29, 1.82) is 0 Å². The van der Waals surface area contributed by atoms with Gasteiger partial charge in [-0.3, -0.25) is 4.79 Å². The smallest absolute Gasteiger partial charge is 0.379 e. The third-order valence-electron chi connectivity index (χ3n) is 2.36. The minimum absolute atomic E-state index is 0.0163. The molecule has 1 aliphatic heterocycles. The van der Waals surface area contributed by atoms with Crippen LogP contribution in [0.4, 0.5) is 0 Å². The van der Waals surface area contributed by atoms with E-state index >= 15 is 0 Å². The molecular formula is C14H12O5. The lowest BCUT2D eigenvalue weighted by Gasteiger charge is -1.98. The monoisotopic (exact) mass is 260 g/mol. The highest BCUT2D eigenvalue weighted by Crippen LogP contribution is 2.32. The third kappa shape index (κ3) is 3.22. The first-order valence-electron chi connectivity index (χ1n) is 5.60. The Kier molecular flexibility index (Phi) is 3.97. The van der Waals surface area contributed by atoms with E-state index in [1.165, 1.54) is 12.2 Å². The highest BCUT2D eigenvalue weighted by atomic mass is 16.7. The van der Waals surface area contributed by atoms with Crippen molar-refractivity contribution < 1.29 is 23.8 Å². The van der Waals surface area contributed by atoms with Gasteiger partial charge in [0.25, 0.3) is 5.78 Å². The molecular weight excluding hydrogens is 248 g/mol. The van der Waals surface area contributed by atoms with Gasteiger partial charge in [0, 0.05) is 0 Å². The summed E-state index contributed by atoms with van der Waals surface area (Å²) in [5, 5.41) is 0. The third-order valence-corrected chi connectivity index (χ3v) is 2.36. The summed E-state index contributed by atoms with van der Waals surface area (Å²) in [6, 6.07) is 5.22. The van der Waals surface area contributed by atoms with Gasteiger partial charge in [-0.05, 0) is 23.8 Å². The van der Waals surface area contributed by atoms with Crippen LogP contribution in [0, 0.1) is 0 Å². The second-order valence-corrected chi connectivity index (χ2v) is 3.70. The van der Waals surface area contributed by atoms with Crippen LogP contribution in [0.1, 0.15) is 5.56 Å². The number of fused-ring (bicyclic) bond motifs is 1. The number of ether oxygens (including phenoxy) is 3. The van der Waals surface area contributed by atoms with E-state index in [-0.39, 0.29) is 13.4 Å². The van der Waals surface area contributed by atoms with E-state index in [0.29, 0.717) is 11.5 Å². The Bertz CT molecular complexity index is 545. The van der Waals surface area contributed by atoms with Gasteiger partial charge in [0.1, 0.15) is 6.61 Å². The van der Waals surface area contributed by atoms with Crippen molar-refractivity contribution in [3.8, 4) is 11.5 Å². The number of hydrogen-bond acceptors (Lipinski definition) is 5. The lowest BCUT2D eigenvalue weighted by Crippen LogP contribution is -2.14. The molecule has 2 rings (SSSR count). The highest BCUT2D eigenvalue weighted by Gasteiger charge is 2.13. The fraction of sp³-hybridized carbons (Fsp3) is 0.143. The summed E-state index contributed by atoms with van der Waals surface area (Å²) < 4.78 is 15.0. The van der Waals surface area contributed by atoms with Gasteiger partial charge >= 0.3 is 5.97 Å². The van der Waals surface area contributed by atoms with Crippen molar-refractivity contribution in [3.63, 3.8) is 0 Å². The van der Waals surface area contributed by atoms with Crippen molar-refractivity contribution in [2.45, 2.75) is 0 Å². The molecule has 0 radical (unpaired) electrons. The second-order valence-electron chi connectivity index (χ2n) is 3.70. The molecule has 0 atom stereocenters. The van der Waals surface area contributed by atoms with Crippen molar-refractivity contribution >= 4 is 17.8 Å². The summed E-state index contributed by atoms with van der Waals surface area (Å²) in [6.07, 6.45) is 4.06. The molecule has 0 bridgehead atoms. The molecule has 19 heavy (non-hydrogen) atoms. The van der Waals surface area contributed by atoms with Crippen molar-refractivity contribution in [2.24, 2.45) is 0 Å². The van der Waals surface area contributed by atoms with Gasteiger partial charge < -0.3 is 14.2 Å². The normalized spacial score (nSPS) is 12.4. The molecule has 1 aromatic carbocycles. The first-order chi connectivity index (χ1) is 9.20. The topological polar surface area (TPSA) is 61.8 Å². The van der Waals surface area contributed by atoms with E-state index in [1.807, 2.05) is 0 Å². The van der Waals surface area contributed by atoms with Gasteiger partial charge in [0.15, 0.2) is 11.5 Å². The Balaban J connectivity index is 2.00. The maximum absolute atomic E-state index is 11.4. The maximum atomic E-state index is 11.4. The Hall–Kier alpha value is -2.56. The summed E-state index contributed by atoms with van der Waals surface area (Å²) in [5.41, 5.74) is 0.731. The molecule has 0 N–H and O–H groups in total. The fourth-order valence-electron chi connectivity index (χ4n) is 1.46. The van der Waals surface area contributed by atoms with Crippen LogP contribution in [0.3, 0.4) is 0 Å². The predicted octanol–water partition coefficient (Wildman–Crippen LogP) is 1.73. The van der Waals surface area contributed by atoms with Gasteiger partial charge in [-0.25, -0.2) is 4.79 Å². The van der Waals surface area contributed by atoms with E-state index < -0.39 is 11.8 Å². The van der Waals surface area contributed by atoms with Gasteiger partial charge in [-0.2, -0.15) is 0 Å². The average Bonchev–Trinajstić information content (AvgIpc) is 2.89. The second kappa shape index (κ2) is 5.86. The zero-order valence-electron chi connectivity index (χ0n) is 10.1. The molecule has 1 aromatic rings. The fourth-order valence-corrected chi connectivity index (χ4v) is 1.46. The standard InChI is InChI=1S/C14H12O5/c1-2-7-17-14(16)11(15)5-3-10-4-6-12-13(8-10)19-9-18-12/h2-6,8H,1,7,9H2. The van der Waals surface area contributed by atoms with Crippen LogP contribution in [0.15, 0.2) is 36.9 Å². The number of esters is 1. The van der Waals surface area contributed by atoms with Crippen LogP contribution in [0.5, 0.6) is 11.5 Å². The van der Waals surface area contributed by atoms with Crippen LogP contribution < -0.4 is 9.47 Å². The van der Waals surface area contributed by atoms with Gasteiger partial charge in [0.05, 0.1) is 0 Å². The minimum atomic E-state index is -0.906. The Morgan fingerprint density at radius 2 is 2.11 bits per heavy atom. The number of rotatable bonds is 5. The molecule has 5 heteroatoms. The number of hydrogen-bond donors (Lipinski definition) is 0. The summed E-state index contributed by atoms with van der Waals surface area (Å²) in [5.74, 6) is -0.353. The van der Waals surface area contributed by atoms with E-state index in [4.69, 9.17) is 9.47 Å². The Labute approximate surface area is 110 Å². The first-order valence-corrected chi connectivity index (χ1v) is 5.60. The van der Waals surface area contributed by atoms with Crippen LogP contribution >= 0.6 is 0 Å². The maximum Gasteiger partial charge on any atom is 0.379 e. The number of carbonyl (C=O) groups is 2. The Morgan fingerprint density at radius 1 is 1.32 bits per heavy atom. The van der Waals surface area contributed by atoms with Crippen LogP contribution in [0.25, 0.3) is 6.08 Å². The number of carbonyl (C=O) groups excluding carboxylic acids is 2. The van der Waals surface area contributed by atoms with Crippen molar-refractivity contribution in [3.05, 3.63) is 42.5 Å². The molecule has 0 saturated carbocycles. The van der Waals surface area contributed by atoms with Gasteiger partial charge in [-0.1, -0.05) is 24.8 Å². The molecule has 1 aliphatic rings. The minimum Gasteiger partial charge on any atom is -0.455 e. The summed E-state index contributed by atoms with van der Waals surface area (Å²) in [4.78, 5) is 22.6. The van der Waals surface area contributed by atoms with Gasteiger partial charge in [-0.15, -0.1) is 0 Å². The molecule has 0 unspecified atom stereocenters. The van der Waals surface area contributed by atoms with E-state index in [1.54, 1.807) is 18.2 Å². The molecule has 98 valence electrons. The van der Waals surface area contributed by atoms with Gasteiger partial charge in [0.2, 0.25) is 6.79 Å². The molecule has 0 amide bonds. The van der Waals surface area contributed by atoms with Crippen molar-refractivity contribution in [2.75, 3.05) is 13.4 Å². The van der Waals surface area contributed by atoms with Crippen LogP contribution in [-0.4, -0.2) is 25.2 Å². The highest BCUT2D eigenvalue weighted by molar-refractivity contribution is 6.39. The first kappa shape index (κ1) is 12.9. The average molecular weight is 260 g/mol. The molecule has 0 aliphatic carbocycles. The molecule has 0 spiro atoms. The zero-order chi connectivity index (χ0) is 13.7. The number of ketones is 1. The largest absolute Gasteiger partial charge is 0.455 e. The Morgan fingerprint density at radius 3 is 2.89 bits per heavy atom. The van der Waals surface area contributed by atoms with E-state index in [2.05, 4.69) is 11.3 Å². The quantitative estimate of drug-likeness (QED) is 0.349. The predicted molar refractivity (Wildman–Crippen MR) is 67.8 cm³/mol. The van der Waals surface area contributed by atoms with E-state index in [9.17, 15) is 9.59 Å². The molecule has 0 aromatic heterocycles. The van der Waals surface area contributed by atoms with Crippen LogP contribution in [-0.2, 0) is 14.3 Å². The lowest BCUT2D eigenvalue weighted by atomic mass is 10.1. The molecule has 0 saturated heterocycles. The summed E-state index contributed by atoms with van der Waals surface area (Å²) in [7, 11) is 0. The molecule has 5 nitrogen and oxygen atoms in total. The molecule has 1 heterocycles. The van der Waals surface area contributed by atoms with Crippen LogP contribution in [0.2, 0.25) is 0 Å². The van der Waals surface area contributed by atoms with E-state index in [0.717, 1.165) is 11.6 Å².